The van der Waals surface area contributed by atoms with E-state index in [1.54, 1.807) is 11.8 Å². The first-order valence-corrected chi connectivity index (χ1v) is 11.0. The summed E-state index contributed by atoms with van der Waals surface area (Å²) >= 11 is 14.1. The van der Waals surface area contributed by atoms with Gasteiger partial charge in [-0.25, -0.2) is 4.98 Å². The Bertz CT molecular complexity index is 1290. The Morgan fingerprint density at radius 3 is 2.43 bits per heavy atom. The topological polar surface area (TPSA) is 59.4 Å². The highest BCUT2D eigenvalue weighted by Crippen LogP contribution is 2.33. The molecule has 1 N–H and O–H groups in total. The molecule has 0 spiro atoms. The van der Waals surface area contributed by atoms with Crippen LogP contribution >= 0.6 is 35.0 Å². The quantitative estimate of drug-likeness (QED) is 0.313. The lowest BCUT2D eigenvalue weighted by Gasteiger charge is -2.11. The molecular weight excluding hydrogens is 437 g/mol. The van der Waals surface area contributed by atoms with Gasteiger partial charge in [0.15, 0.2) is 11.0 Å². The van der Waals surface area contributed by atoms with E-state index in [0.717, 1.165) is 33.3 Å². The normalized spacial score (nSPS) is 11.3. The van der Waals surface area contributed by atoms with Crippen molar-refractivity contribution < 1.29 is 0 Å². The highest BCUT2D eigenvalue weighted by molar-refractivity contribution is 7.98. The van der Waals surface area contributed by atoms with Crippen LogP contribution in [0.2, 0.25) is 10.0 Å². The van der Waals surface area contributed by atoms with Crippen LogP contribution in [-0.2, 0) is 5.75 Å². The number of halogens is 2. The summed E-state index contributed by atoms with van der Waals surface area (Å²) in [5, 5.41) is 10.9. The SMILES string of the molecule is Clc1ccc(-n2c(SCc3nc4ccccc4[nH]3)nnc2-c2ccccc2Cl)cc1. The van der Waals surface area contributed by atoms with E-state index in [1.807, 2.05) is 77.4 Å². The number of fused-ring (bicyclic) bond motifs is 1. The number of rotatable bonds is 5. The molecule has 5 rings (SSSR count). The molecule has 2 aromatic heterocycles. The molecule has 0 aliphatic carbocycles. The van der Waals surface area contributed by atoms with Crippen molar-refractivity contribution >= 4 is 46.0 Å². The van der Waals surface area contributed by atoms with Gasteiger partial charge in [0.05, 0.1) is 21.8 Å². The van der Waals surface area contributed by atoms with E-state index in [9.17, 15) is 0 Å². The first-order chi connectivity index (χ1) is 14.7. The van der Waals surface area contributed by atoms with Crippen LogP contribution in [0.5, 0.6) is 0 Å². The summed E-state index contributed by atoms with van der Waals surface area (Å²) in [6, 6.07) is 23.2. The maximum atomic E-state index is 6.45. The molecule has 30 heavy (non-hydrogen) atoms. The summed E-state index contributed by atoms with van der Waals surface area (Å²) < 4.78 is 1.99. The van der Waals surface area contributed by atoms with Gasteiger partial charge in [0, 0.05) is 16.3 Å². The van der Waals surface area contributed by atoms with E-state index in [1.165, 1.54) is 0 Å². The van der Waals surface area contributed by atoms with Crippen LogP contribution in [0.3, 0.4) is 0 Å². The zero-order valence-corrected chi connectivity index (χ0v) is 17.9. The fourth-order valence-corrected chi connectivity index (χ4v) is 4.38. The van der Waals surface area contributed by atoms with Crippen molar-refractivity contribution in [2.24, 2.45) is 0 Å². The van der Waals surface area contributed by atoms with Gasteiger partial charge in [0.25, 0.3) is 0 Å². The number of benzene rings is 3. The number of hydrogen-bond acceptors (Lipinski definition) is 4. The van der Waals surface area contributed by atoms with Gasteiger partial charge < -0.3 is 4.98 Å². The van der Waals surface area contributed by atoms with Gasteiger partial charge in [0.1, 0.15) is 5.82 Å². The second-order valence-electron chi connectivity index (χ2n) is 6.59. The lowest BCUT2D eigenvalue weighted by atomic mass is 10.2. The molecule has 148 valence electrons. The molecule has 5 nitrogen and oxygen atoms in total. The molecule has 0 saturated heterocycles. The van der Waals surface area contributed by atoms with E-state index in [0.29, 0.717) is 21.6 Å². The zero-order chi connectivity index (χ0) is 20.5. The Kier molecular flexibility index (Phi) is 5.21. The van der Waals surface area contributed by atoms with Crippen molar-refractivity contribution in [3.63, 3.8) is 0 Å². The molecule has 0 aliphatic rings. The maximum absolute atomic E-state index is 6.45. The summed E-state index contributed by atoms with van der Waals surface area (Å²) in [4.78, 5) is 8.00. The number of H-pyrrole nitrogens is 1. The molecule has 5 aromatic rings. The number of aromatic nitrogens is 5. The van der Waals surface area contributed by atoms with Crippen molar-refractivity contribution in [3.8, 4) is 17.1 Å². The lowest BCUT2D eigenvalue weighted by Crippen LogP contribution is -2.00. The van der Waals surface area contributed by atoms with Crippen molar-refractivity contribution in [1.82, 2.24) is 24.7 Å². The van der Waals surface area contributed by atoms with Crippen LogP contribution in [0.25, 0.3) is 28.1 Å². The second kappa shape index (κ2) is 8.14. The largest absolute Gasteiger partial charge is 0.341 e. The average Bonchev–Trinajstić information content (AvgIpc) is 3.37. The molecule has 0 bridgehead atoms. The fraction of sp³-hybridized carbons (Fsp3) is 0.0455. The van der Waals surface area contributed by atoms with Crippen molar-refractivity contribution in [3.05, 3.63) is 88.7 Å². The third-order valence-electron chi connectivity index (χ3n) is 4.61. The third kappa shape index (κ3) is 3.69. The van der Waals surface area contributed by atoms with Crippen LogP contribution in [0, 0.1) is 0 Å². The van der Waals surface area contributed by atoms with Gasteiger partial charge in [-0.05, 0) is 48.5 Å². The minimum Gasteiger partial charge on any atom is -0.341 e. The number of aromatic amines is 1. The summed E-state index contributed by atoms with van der Waals surface area (Å²) in [5.41, 5.74) is 3.69. The molecule has 3 aromatic carbocycles. The van der Waals surface area contributed by atoms with E-state index < -0.39 is 0 Å². The van der Waals surface area contributed by atoms with E-state index in [4.69, 9.17) is 23.2 Å². The lowest BCUT2D eigenvalue weighted by molar-refractivity contribution is 0.884. The summed E-state index contributed by atoms with van der Waals surface area (Å²) in [6.45, 7) is 0. The second-order valence-corrected chi connectivity index (χ2v) is 8.37. The number of para-hydroxylation sites is 2. The number of nitrogens with one attached hydrogen (secondary N) is 1. The smallest absolute Gasteiger partial charge is 0.196 e. The maximum Gasteiger partial charge on any atom is 0.196 e. The Hall–Kier alpha value is -2.80. The molecule has 8 heteroatoms. The molecule has 0 saturated carbocycles. The van der Waals surface area contributed by atoms with E-state index in [-0.39, 0.29) is 0 Å². The van der Waals surface area contributed by atoms with Gasteiger partial charge in [0.2, 0.25) is 0 Å². The molecule has 0 fully saturated rings. The number of imidazole rings is 1. The van der Waals surface area contributed by atoms with Gasteiger partial charge in [-0.3, -0.25) is 4.57 Å². The predicted octanol–water partition coefficient (Wildman–Crippen LogP) is 6.41. The monoisotopic (exact) mass is 451 g/mol. The summed E-state index contributed by atoms with van der Waals surface area (Å²) in [5.74, 6) is 2.18. The Morgan fingerprint density at radius 1 is 0.867 bits per heavy atom. The number of nitrogens with zero attached hydrogens (tertiary/aromatic N) is 4. The Labute approximate surface area is 187 Å². The molecular formula is C22H15Cl2N5S. The van der Waals surface area contributed by atoms with Crippen LogP contribution in [0.4, 0.5) is 0 Å². The minimum atomic E-state index is 0.619. The van der Waals surface area contributed by atoms with Gasteiger partial charge in [-0.2, -0.15) is 0 Å². The number of thioether (sulfide) groups is 1. The van der Waals surface area contributed by atoms with Gasteiger partial charge in [-0.15, -0.1) is 10.2 Å². The molecule has 0 aliphatic heterocycles. The summed E-state index contributed by atoms with van der Waals surface area (Å²) in [6.07, 6.45) is 0. The Balaban J connectivity index is 1.54. The molecule has 0 unspecified atom stereocenters. The minimum absolute atomic E-state index is 0.619. The van der Waals surface area contributed by atoms with Crippen molar-refractivity contribution in [2.75, 3.05) is 0 Å². The number of hydrogen-bond donors (Lipinski definition) is 1. The molecule has 0 atom stereocenters. The highest BCUT2D eigenvalue weighted by atomic mass is 35.5. The molecule has 0 radical (unpaired) electrons. The first-order valence-electron chi connectivity index (χ1n) is 9.22. The van der Waals surface area contributed by atoms with Crippen LogP contribution < -0.4 is 0 Å². The van der Waals surface area contributed by atoms with Gasteiger partial charge >= 0.3 is 0 Å². The van der Waals surface area contributed by atoms with Crippen molar-refractivity contribution in [2.45, 2.75) is 10.9 Å². The standard InChI is InChI=1S/C22H15Cl2N5S/c23-14-9-11-15(12-10-14)29-21(16-5-1-2-6-17(16)24)27-28-22(29)30-13-20-25-18-7-3-4-8-19(18)26-20/h1-12H,13H2,(H,25,26). The van der Waals surface area contributed by atoms with Crippen molar-refractivity contribution in [1.29, 1.82) is 0 Å². The van der Waals surface area contributed by atoms with Crippen LogP contribution in [0.15, 0.2) is 78.0 Å². The van der Waals surface area contributed by atoms with Crippen LogP contribution in [-0.4, -0.2) is 24.7 Å². The van der Waals surface area contributed by atoms with Gasteiger partial charge in [-0.1, -0.05) is 59.2 Å². The van der Waals surface area contributed by atoms with E-state index in [2.05, 4.69) is 20.2 Å². The predicted molar refractivity (Wildman–Crippen MR) is 122 cm³/mol. The molecule has 0 amide bonds. The Morgan fingerprint density at radius 2 is 1.63 bits per heavy atom. The first kappa shape index (κ1) is 19.2. The summed E-state index contributed by atoms with van der Waals surface area (Å²) in [7, 11) is 0. The third-order valence-corrected chi connectivity index (χ3v) is 6.13. The molecule has 2 heterocycles. The van der Waals surface area contributed by atoms with Crippen LogP contribution in [0.1, 0.15) is 5.82 Å². The highest BCUT2D eigenvalue weighted by Gasteiger charge is 2.18. The zero-order valence-electron chi connectivity index (χ0n) is 15.6. The fourth-order valence-electron chi connectivity index (χ4n) is 3.21. The average molecular weight is 452 g/mol. The van der Waals surface area contributed by atoms with E-state index >= 15 is 0 Å².